The molecule has 0 N–H and O–H groups in total. The molecule has 3 nitrogen and oxygen atoms in total. The number of hydrogen-bond acceptors (Lipinski definition) is 3. The van der Waals surface area contributed by atoms with Crippen molar-refractivity contribution in [3.8, 4) is 0 Å². The van der Waals surface area contributed by atoms with Gasteiger partial charge < -0.3 is 9.47 Å². The summed E-state index contributed by atoms with van der Waals surface area (Å²) in [5, 5.41) is 0. The number of dihydropyridines is 1. The smallest absolute Gasteiger partial charge is 0.0908 e. The zero-order chi connectivity index (χ0) is 11.3. The van der Waals surface area contributed by atoms with Gasteiger partial charge in [0.2, 0.25) is 0 Å². The average Bonchev–Trinajstić information content (AvgIpc) is 3.10. The Bertz CT molecular complexity index is 205. The molecule has 0 radical (unpaired) electrons. The van der Waals surface area contributed by atoms with E-state index in [1.807, 2.05) is 18.4 Å². The molecule has 0 aliphatic carbocycles. The Hall–Kier alpha value is -1.09. The highest BCUT2D eigenvalue weighted by molar-refractivity contribution is 5.71. The Morgan fingerprint density at radius 1 is 0.941 bits per heavy atom. The molecule has 98 valence electrons. The maximum Gasteiger partial charge on any atom is 0.0908 e. The highest BCUT2D eigenvalue weighted by Crippen LogP contribution is 1.98. The fraction of sp³-hybridized carbons (Fsp3) is 0.643. The van der Waals surface area contributed by atoms with Crippen LogP contribution in [-0.4, -0.2) is 32.6 Å². The molecule has 0 bridgehead atoms. The summed E-state index contributed by atoms with van der Waals surface area (Å²) in [6.07, 6.45) is 14.5. The van der Waals surface area contributed by atoms with Crippen molar-refractivity contribution in [2.24, 2.45) is 4.99 Å². The van der Waals surface area contributed by atoms with Gasteiger partial charge in [-0.15, -0.1) is 0 Å². The van der Waals surface area contributed by atoms with E-state index in [2.05, 4.69) is 11.1 Å². The van der Waals surface area contributed by atoms with Crippen molar-refractivity contribution < 1.29 is 9.47 Å². The summed E-state index contributed by atoms with van der Waals surface area (Å²) >= 11 is 0. The standard InChI is InChI=1S/C5H7N.C4H8O.C4H6O.CH4/c1-2-4-6-5-3-1;2*1-2-4-5-3-1;/h1-2,4H,3,5H2;1-4H2;1,3H,2,4H2;1H4. The lowest BCUT2D eigenvalue weighted by Crippen LogP contribution is -1.81. The third-order valence-electron chi connectivity index (χ3n) is 2.17. The largest absolute Gasteiger partial charge is 0.501 e. The van der Waals surface area contributed by atoms with E-state index in [4.69, 9.17) is 9.47 Å². The Balaban J connectivity index is 0.000000221. The van der Waals surface area contributed by atoms with E-state index < -0.39 is 0 Å². The summed E-state index contributed by atoms with van der Waals surface area (Å²) in [4.78, 5) is 3.97. The van der Waals surface area contributed by atoms with Gasteiger partial charge in [0.25, 0.3) is 0 Å². The molecule has 0 saturated carbocycles. The minimum atomic E-state index is 0. The first-order valence-corrected chi connectivity index (χ1v) is 5.99. The van der Waals surface area contributed by atoms with Crippen LogP contribution in [0.3, 0.4) is 0 Å². The Labute approximate surface area is 105 Å². The monoisotopic (exact) mass is 239 g/mol. The second-order valence-electron chi connectivity index (χ2n) is 3.62. The summed E-state index contributed by atoms with van der Waals surface area (Å²) in [5.74, 6) is 0. The van der Waals surface area contributed by atoms with Crippen LogP contribution >= 0.6 is 0 Å². The van der Waals surface area contributed by atoms with Crippen LogP contribution in [0.1, 0.15) is 33.1 Å². The highest BCUT2D eigenvalue weighted by atomic mass is 16.5. The molecule has 3 heteroatoms. The number of aliphatic imine (C=N–C) groups is 1. The SMILES string of the molecule is C.C1=CCCN=C1.C1=COCC1.C1CCOC1. The van der Waals surface area contributed by atoms with E-state index in [-0.39, 0.29) is 7.43 Å². The molecular formula is C14H25NO2. The summed E-state index contributed by atoms with van der Waals surface area (Å²) in [5.41, 5.74) is 0. The molecule has 0 spiro atoms. The molecule has 0 aromatic carbocycles. The molecule has 3 heterocycles. The third kappa shape index (κ3) is 11.2. The van der Waals surface area contributed by atoms with Crippen LogP contribution in [0.4, 0.5) is 0 Å². The highest BCUT2D eigenvalue weighted by Gasteiger charge is 1.94. The van der Waals surface area contributed by atoms with Gasteiger partial charge >= 0.3 is 0 Å². The van der Waals surface area contributed by atoms with E-state index in [1.165, 1.54) is 12.8 Å². The van der Waals surface area contributed by atoms with Gasteiger partial charge in [-0.25, -0.2) is 0 Å². The Morgan fingerprint density at radius 3 is 1.94 bits per heavy atom. The average molecular weight is 239 g/mol. The molecule has 1 fully saturated rings. The fourth-order valence-electron chi connectivity index (χ4n) is 1.29. The lowest BCUT2D eigenvalue weighted by Gasteiger charge is -1.88. The van der Waals surface area contributed by atoms with Crippen molar-refractivity contribution in [1.82, 2.24) is 0 Å². The van der Waals surface area contributed by atoms with E-state index in [0.717, 1.165) is 39.2 Å². The fourth-order valence-corrected chi connectivity index (χ4v) is 1.29. The van der Waals surface area contributed by atoms with Crippen LogP contribution < -0.4 is 0 Å². The number of ether oxygens (including phenoxy) is 2. The molecule has 3 aliphatic rings. The topological polar surface area (TPSA) is 30.8 Å². The van der Waals surface area contributed by atoms with Gasteiger partial charge in [0.15, 0.2) is 0 Å². The number of rotatable bonds is 0. The zero-order valence-electron chi connectivity index (χ0n) is 9.81. The first kappa shape index (κ1) is 15.9. The van der Waals surface area contributed by atoms with Crippen molar-refractivity contribution in [2.45, 2.75) is 33.1 Å². The summed E-state index contributed by atoms with van der Waals surface area (Å²) in [6.45, 7) is 3.87. The Kier molecular flexibility index (Phi) is 12.1. The third-order valence-corrected chi connectivity index (χ3v) is 2.17. The molecule has 3 aliphatic heterocycles. The Morgan fingerprint density at radius 2 is 1.76 bits per heavy atom. The number of nitrogens with zero attached hydrogens (tertiary/aromatic N) is 1. The van der Waals surface area contributed by atoms with Crippen LogP contribution in [0, 0.1) is 0 Å². The zero-order valence-corrected chi connectivity index (χ0v) is 9.81. The van der Waals surface area contributed by atoms with Gasteiger partial charge in [0.1, 0.15) is 0 Å². The maximum atomic E-state index is 4.94. The van der Waals surface area contributed by atoms with Gasteiger partial charge in [0.05, 0.1) is 12.9 Å². The van der Waals surface area contributed by atoms with Crippen LogP contribution in [0.25, 0.3) is 0 Å². The van der Waals surface area contributed by atoms with Crippen LogP contribution in [0.2, 0.25) is 0 Å². The molecule has 0 aromatic rings. The van der Waals surface area contributed by atoms with Crippen LogP contribution in [0.5, 0.6) is 0 Å². The predicted molar refractivity (Wildman–Crippen MR) is 73.6 cm³/mol. The van der Waals surface area contributed by atoms with Gasteiger partial charge in [-0.3, -0.25) is 4.99 Å². The summed E-state index contributed by atoms with van der Waals surface area (Å²) < 4.78 is 9.71. The van der Waals surface area contributed by atoms with Gasteiger partial charge in [-0.05, 0) is 31.4 Å². The lowest BCUT2D eigenvalue weighted by atomic mass is 10.3. The molecule has 0 amide bonds. The molecule has 0 unspecified atom stereocenters. The van der Waals surface area contributed by atoms with E-state index in [1.54, 1.807) is 6.26 Å². The molecule has 3 rings (SSSR count). The second-order valence-corrected chi connectivity index (χ2v) is 3.62. The van der Waals surface area contributed by atoms with Crippen molar-refractivity contribution in [1.29, 1.82) is 0 Å². The van der Waals surface area contributed by atoms with Gasteiger partial charge in [-0.1, -0.05) is 13.5 Å². The molecule has 0 atom stereocenters. The predicted octanol–water partition coefficient (Wildman–Crippen LogP) is 3.37. The normalized spacial score (nSPS) is 19.3. The van der Waals surface area contributed by atoms with E-state index in [9.17, 15) is 0 Å². The lowest BCUT2D eigenvalue weighted by molar-refractivity contribution is 0.198. The van der Waals surface area contributed by atoms with E-state index >= 15 is 0 Å². The molecule has 17 heavy (non-hydrogen) atoms. The number of hydrogen-bond donors (Lipinski definition) is 0. The minimum absolute atomic E-state index is 0. The number of allylic oxidation sites excluding steroid dienone is 1. The first-order valence-electron chi connectivity index (χ1n) is 5.99. The van der Waals surface area contributed by atoms with Crippen LogP contribution in [-0.2, 0) is 9.47 Å². The summed E-state index contributed by atoms with van der Waals surface area (Å²) in [6, 6.07) is 0. The molecular weight excluding hydrogens is 214 g/mol. The van der Waals surface area contributed by atoms with Gasteiger partial charge in [-0.2, -0.15) is 0 Å². The van der Waals surface area contributed by atoms with Gasteiger partial charge in [0, 0.05) is 32.4 Å². The first-order chi connectivity index (χ1) is 8.00. The van der Waals surface area contributed by atoms with E-state index in [0.29, 0.717) is 0 Å². The minimum Gasteiger partial charge on any atom is -0.501 e. The van der Waals surface area contributed by atoms with Crippen molar-refractivity contribution >= 4 is 6.21 Å². The second kappa shape index (κ2) is 13.0. The van der Waals surface area contributed by atoms with Crippen molar-refractivity contribution in [3.05, 3.63) is 24.5 Å². The van der Waals surface area contributed by atoms with Crippen LogP contribution in [0.15, 0.2) is 29.5 Å². The van der Waals surface area contributed by atoms with Crippen molar-refractivity contribution in [2.75, 3.05) is 26.4 Å². The summed E-state index contributed by atoms with van der Waals surface area (Å²) in [7, 11) is 0. The molecule has 1 saturated heterocycles. The maximum absolute atomic E-state index is 4.94. The quantitative estimate of drug-likeness (QED) is 0.649. The van der Waals surface area contributed by atoms with Crippen molar-refractivity contribution in [3.63, 3.8) is 0 Å². The molecule has 0 aromatic heterocycles.